The molecule has 8 nitrogen and oxygen atoms in total. The van der Waals surface area contributed by atoms with Crippen LogP contribution in [0.1, 0.15) is 74.8 Å². The standard InChI is InChI=1S/C24H36N6O2.ClH/c1-31-21-12-11-18(17-22(21)32-2)23(24-25-26-27-30(24)20-9-5-6-10-20)29-15-13-28(14-16-29)19-7-3-4-8-19;/h11-12,17,19-20,23H,3-10,13-16H2,1-2H3;1H/p-1. The molecule has 0 radical (unpaired) electrons. The molecule has 1 aromatic heterocycles. The number of aromatic nitrogens is 4. The molecule has 3 fully saturated rings. The first-order valence-corrected chi connectivity index (χ1v) is 12.3. The van der Waals surface area contributed by atoms with Crippen molar-refractivity contribution >= 4 is 0 Å². The Bertz CT molecular complexity index is 889. The number of benzene rings is 1. The number of tetrazole rings is 1. The smallest absolute Gasteiger partial charge is 0.173 e. The van der Waals surface area contributed by atoms with Crippen LogP contribution >= 0.6 is 0 Å². The van der Waals surface area contributed by atoms with E-state index in [1.807, 2.05) is 6.07 Å². The average Bonchev–Trinajstić information content (AvgIpc) is 3.62. The van der Waals surface area contributed by atoms with E-state index in [2.05, 4.69) is 42.1 Å². The number of ether oxygens (including phenoxy) is 2. The third-order valence-corrected chi connectivity index (χ3v) is 7.71. The number of nitrogens with zero attached hydrogens (tertiary/aromatic N) is 6. The van der Waals surface area contributed by atoms with Crippen LogP contribution in [0.2, 0.25) is 0 Å². The Hall–Kier alpha value is -1.90. The molecule has 182 valence electrons. The van der Waals surface area contributed by atoms with Crippen LogP contribution in [0.15, 0.2) is 18.2 Å². The molecule has 1 aliphatic heterocycles. The lowest BCUT2D eigenvalue weighted by Crippen LogP contribution is -3.00. The van der Waals surface area contributed by atoms with Crippen LogP contribution in [0.3, 0.4) is 0 Å². The van der Waals surface area contributed by atoms with Crippen molar-refractivity contribution in [3.05, 3.63) is 29.6 Å². The summed E-state index contributed by atoms with van der Waals surface area (Å²) in [4.78, 5) is 5.26. The van der Waals surface area contributed by atoms with Crippen molar-refractivity contribution in [2.45, 2.75) is 69.5 Å². The molecule has 9 heteroatoms. The van der Waals surface area contributed by atoms with E-state index in [1.165, 1.54) is 38.5 Å². The van der Waals surface area contributed by atoms with Gasteiger partial charge in [-0.15, -0.1) is 5.10 Å². The molecule has 0 spiro atoms. The average molecular weight is 476 g/mol. The van der Waals surface area contributed by atoms with Crippen molar-refractivity contribution in [3.63, 3.8) is 0 Å². The van der Waals surface area contributed by atoms with Crippen LogP contribution in [-0.4, -0.2) is 76.4 Å². The van der Waals surface area contributed by atoms with Crippen molar-refractivity contribution in [3.8, 4) is 11.5 Å². The molecule has 5 rings (SSSR count). The maximum Gasteiger partial charge on any atom is 0.173 e. The highest BCUT2D eigenvalue weighted by molar-refractivity contribution is 5.45. The molecule has 0 amide bonds. The van der Waals surface area contributed by atoms with E-state index < -0.39 is 0 Å². The first-order chi connectivity index (χ1) is 15.8. The fourth-order valence-corrected chi connectivity index (χ4v) is 5.97. The first-order valence-electron chi connectivity index (χ1n) is 12.3. The Morgan fingerprint density at radius 2 is 1.48 bits per heavy atom. The zero-order valence-electron chi connectivity index (χ0n) is 19.8. The molecular formula is C24H36ClN6O2-. The van der Waals surface area contributed by atoms with Crippen molar-refractivity contribution in [2.24, 2.45) is 0 Å². The van der Waals surface area contributed by atoms with Crippen LogP contribution in [-0.2, 0) is 0 Å². The summed E-state index contributed by atoms with van der Waals surface area (Å²) < 4.78 is 13.2. The summed E-state index contributed by atoms with van der Waals surface area (Å²) >= 11 is 0. The van der Waals surface area contributed by atoms with Gasteiger partial charge in [0.1, 0.15) is 0 Å². The quantitative estimate of drug-likeness (QED) is 0.576. The lowest BCUT2D eigenvalue weighted by Gasteiger charge is -2.41. The van der Waals surface area contributed by atoms with Crippen molar-refractivity contribution in [2.75, 3.05) is 40.4 Å². The van der Waals surface area contributed by atoms with Gasteiger partial charge in [-0.05, 0) is 53.8 Å². The van der Waals surface area contributed by atoms with Crippen LogP contribution in [0.5, 0.6) is 11.5 Å². The minimum atomic E-state index is 0. The predicted octanol–water partition coefficient (Wildman–Crippen LogP) is 0.459. The molecule has 1 atom stereocenters. The molecule has 0 bridgehead atoms. The molecule has 2 saturated carbocycles. The highest BCUT2D eigenvalue weighted by Crippen LogP contribution is 2.38. The van der Waals surface area contributed by atoms with Crippen LogP contribution < -0.4 is 21.9 Å². The predicted molar refractivity (Wildman–Crippen MR) is 122 cm³/mol. The number of hydrogen-bond donors (Lipinski definition) is 0. The van der Waals surface area contributed by atoms with Crippen molar-refractivity contribution in [1.82, 2.24) is 30.0 Å². The molecule has 3 aliphatic rings. The number of hydrogen-bond acceptors (Lipinski definition) is 7. The van der Waals surface area contributed by atoms with E-state index in [0.717, 1.165) is 67.9 Å². The van der Waals surface area contributed by atoms with Crippen LogP contribution in [0, 0.1) is 0 Å². The van der Waals surface area contributed by atoms with Gasteiger partial charge in [-0.3, -0.25) is 9.80 Å². The monoisotopic (exact) mass is 475 g/mol. The lowest BCUT2D eigenvalue weighted by atomic mass is 10.0. The third-order valence-electron chi connectivity index (χ3n) is 7.71. The normalized spacial score (nSPS) is 21.8. The number of rotatable bonds is 7. The first kappa shape index (κ1) is 24.2. The van der Waals surface area contributed by atoms with Crippen molar-refractivity contribution < 1.29 is 21.9 Å². The van der Waals surface area contributed by atoms with Gasteiger partial charge in [0.15, 0.2) is 17.3 Å². The van der Waals surface area contributed by atoms with Gasteiger partial charge in [-0.2, -0.15) is 0 Å². The van der Waals surface area contributed by atoms with Gasteiger partial charge in [-0.25, -0.2) is 4.68 Å². The summed E-state index contributed by atoms with van der Waals surface area (Å²) in [5.74, 6) is 2.45. The van der Waals surface area contributed by atoms with E-state index >= 15 is 0 Å². The Morgan fingerprint density at radius 1 is 0.848 bits per heavy atom. The molecule has 33 heavy (non-hydrogen) atoms. The number of piperazine rings is 1. The lowest BCUT2D eigenvalue weighted by molar-refractivity contribution is -0.00000742. The van der Waals surface area contributed by atoms with Gasteiger partial charge in [0.05, 0.1) is 26.3 Å². The van der Waals surface area contributed by atoms with Crippen LogP contribution in [0.4, 0.5) is 0 Å². The van der Waals surface area contributed by atoms with E-state index in [4.69, 9.17) is 9.47 Å². The molecule has 1 unspecified atom stereocenters. The molecule has 2 heterocycles. The highest BCUT2D eigenvalue weighted by atomic mass is 35.5. The van der Waals surface area contributed by atoms with Gasteiger partial charge < -0.3 is 21.9 Å². The molecule has 2 aliphatic carbocycles. The maximum atomic E-state index is 5.64. The summed E-state index contributed by atoms with van der Waals surface area (Å²) in [6, 6.07) is 7.43. The second-order valence-electron chi connectivity index (χ2n) is 9.45. The van der Waals surface area contributed by atoms with Gasteiger partial charge in [-0.1, -0.05) is 31.7 Å². The summed E-state index contributed by atoms with van der Waals surface area (Å²) in [7, 11) is 3.37. The van der Waals surface area contributed by atoms with Gasteiger partial charge in [0, 0.05) is 32.2 Å². The summed E-state index contributed by atoms with van der Waals surface area (Å²) in [6.45, 7) is 4.26. The fraction of sp³-hybridized carbons (Fsp3) is 0.708. The topological polar surface area (TPSA) is 68.5 Å². The third kappa shape index (κ3) is 4.98. The molecule has 2 aromatic rings. The Morgan fingerprint density at radius 3 is 2.12 bits per heavy atom. The fourth-order valence-electron chi connectivity index (χ4n) is 5.97. The van der Waals surface area contributed by atoms with E-state index in [9.17, 15) is 0 Å². The summed E-state index contributed by atoms with van der Waals surface area (Å²) in [6.07, 6.45) is 10.3. The van der Waals surface area contributed by atoms with Crippen LogP contribution in [0.25, 0.3) is 0 Å². The SMILES string of the molecule is COc1ccc(C(c2nnnn2C2CCCC2)N2CCN(C3CCCC3)CC2)cc1OC.[Cl-]. The maximum absolute atomic E-state index is 5.64. The zero-order chi connectivity index (χ0) is 21.9. The van der Waals surface area contributed by atoms with E-state index in [0.29, 0.717) is 6.04 Å². The van der Waals surface area contributed by atoms with Gasteiger partial charge in [0.2, 0.25) is 0 Å². The Kier molecular flexibility index (Phi) is 8.09. The summed E-state index contributed by atoms with van der Waals surface area (Å²) in [5, 5.41) is 13.2. The van der Waals surface area contributed by atoms with E-state index in [-0.39, 0.29) is 18.4 Å². The zero-order valence-corrected chi connectivity index (χ0v) is 20.6. The van der Waals surface area contributed by atoms with Crippen molar-refractivity contribution in [1.29, 1.82) is 0 Å². The molecule has 0 N–H and O–H groups in total. The Labute approximate surface area is 203 Å². The molecular weight excluding hydrogens is 440 g/mol. The number of methoxy groups -OCH3 is 2. The second kappa shape index (κ2) is 11.0. The highest BCUT2D eigenvalue weighted by Gasteiger charge is 2.35. The second-order valence-corrected chi connectivity index (χ2v) is 9.45. The van der Waals surface area contributed by atoms with Gasteiger partial charge in [0.25, 0.3) is 0 Å². The minimum absolute atomic E-state index is 0. The number of halogens is 1. The molecule has 1 saturated heterocycles. The Balaban J connectivity index is 0.00000259. The van der Waals surface area contributed by atoms with E-state index in [1.54, 1.807) is 14.2 Å². The summed E-state index contributed by atoms with van der Waals surface area (Å²) in [5.41, 5.74) is 1.16. The minimum Gasteiger partial charge on any atom is -1.00 e. The van der Waals surface area contributed by atoms with Gasteiger partial charge >= 0.3 is 0 Å². The largest absolute Gasteiger partial charge is 1.00 e. The molecule has 1 aromatic carbocycles.